The maximum Gasteiger partial charge on any atom is 0.252 e. The molecule has 0 saturated carbocycles. The normalized spacial score (nSPS) is 19.7. The zero-order chi connectivity index (χ0) is 22.2. The number of hydrogen-bond donors (Lipinski definition) is 1. The van der Waals surface area contributed by atoms with Crippen molar-refractivity contribution in [1.29, 1.82) is 0 Å². The lowest BCUT2D eigenvalue weighted by atomic mass is 9.96. The number of carbonyl (C=O) groups excluding carboxylic acids is 2. The van der Waals surface area contributed by atoms with E-state index in [2.05, 4.69) is 26.2 Å². The molecule has 2 aromatic heterocycles. The number of likely N-dealkylation sites (tertiary alicyclic amines) is 1. The van der Waals surface area contributed by atoms with Crippen LogP contribution in [0.3, 0.4) is 0 Å². The Morgan fingerprint density at radius 3 is 2.75 bits per heavy atom. The summed E-state index contributed by atoms with van der Waals surface area (Å²) in [6.07, 6.45) is 5.32. The minimum Gasteiger partial charge on any atom is -0.354 e. The number of hydrogen-bond acceptors (Lipinski definition) is 6. The molecule has 172 valence electrons. The molecule has 0 radical (unpaired) electrons. The Hall–Kier alpha value is -2.45. The number of nitrogens with one attached hydrogen (secondary N) is 1. The summed E-state index contributed by atoms with van der Waals surface area (Å²) in [4.78, 5) is 36.1. The third kappa shape index (κ3) is 6.29. The lowest BCUT2D eigenvalue weighted by Crippen LogP contribution is -2.50. The predicted molar refractivity (Wildman–Crippen MR) is 128 cm³/mol. The van der Waals surface area contributed by atoms with Crippen LogP contribution in [0.15, 0.2) is 41.2 Å². The van der Waals surface area contributed by atoms with E-state index in [1.165, 1.54) is 17.8 Å². The average molecular weight is 456 g/mol. The highest BCUT2D eigenvalue weighted by Gasteiger charge is 2.26. The van der Waals surface area contributed by atoms with Gasteiger partial charge in [0.25, 0.3) is 5.91 Å². The van der Waals surface area contributed by atoms with Crippen LogP contribution < -0.4 is 10.2 Å². The van der Waals surface area contributed by atoms with Crippen molar-refractivity contribution < 1.29 is 9.59 Å². The van der Waals surface area contributed by atoms with Crippen molar-refractivity contribution in [2.24, 2.45) is 5.92 Å². The predicted octanol–water partition coefficient (Wildman–Crippen LogP) is 2.71. The Balaban J connectivity index is 1.14. The van der Waals surface area contributed by atoms with Gasteiger partial charge in [-0.25, -0.2) is 4.98 Å². The lowest BCUT2D eigenvalue weighted by molar-refractivity contribution is -0.133. The summed E-state index contributed by atoms with van der Waals surface area (Å²) in [6, 6.07) is 7.89. The number of carbonyl (C=O) groups is 2. The Labute approximate surface area is 194 Å². The smallest absolute Gasteiger partial charge is 0.252 e. The summed E-state index contributed by atoms with van der Waals surface area (Å²) in [5.74, 6) is 1.78. The molecule has 1 atom stereocenters. The van der Waals surface area contributed by atoms with Crippen molar-refractivity contribution >= 4 is 29.0 Å². The van der Waals surface area contributed by atoms with E-state index in [1.54, 1.807) is 0 Å². The van der Waals surface area contributed by atoms with Gasteiger partial charge in [0.2, 0.25) is 5.91 Å². The molecule has 2 fully saturated rings. The maximum absolute atomic E-state index is 12.7. The zero-order valence-electron chi connectivity index (χ0n) is 18.6. The fourth-order valence-corrected chi connectivity index (χ4v) is 5.24. The third-order valence-corrected chi connectivity index (χ3v) is 7.05. The van der Waals surface area contributed by atoms with Gasteiger partial charge >= 0.3 is 0 Å². The molecule has 7 nitrogen and oxygen atoms in total. The molecule has 0 aromatic carbocycles. The van der Waals surface area contributed by atoms with Crippen LogP contribution in [-0.4, -0.2) is 79.0 Å². The number of nitrogens with zero attached hydrogens (tertiary/aromatic N) is 4. The van der Waals surface area contributed by atoms with Gasteiger partial charge in [-0.05, 0) is 48.8 Å². The Morgan fingerprint density at radius 2 is 2.00 bits per heavy atom. The SMILES string of the molecule is O=C(NCCCC(=O)N1CCCC(CN2CCN(c3ccccn3)CC2)C1)c1ccsc1. The van der Waals surface area contributed by atoms with Gasteiger partial charge in [-0.3, -0.25) is 14.5 Å². The molecule has 1 unspecified atom stereocenters. The van der Waals surface area contributed by atoms with Gasteiger partial charge in [0, 0.05) is 75.9 Å². The fourth-order valence-electron chi connectivity index (χ4n) is 4.60. The molecule has 1 N–H and O–H groups in total. The molecular formula is C24H33N5O2S. The monoisotopic (exact) mass is 455 g/mol. The largest absolute Gasteiger partial charge is 0.354 e. The molecule has 2 aliphatic rings. The Kier molecular flexibility index (Phi) is 8.12. The first kappa shape index (κ1) is 22.7. The standard InChI is InChI=1S/C24H33N5O2S/c30-23(7-3-10-26-24(31)21-8-16-32-19-21)29-11-4-5-20(18-29)17-27-12-14-28(15-13-27)22-6-1-2-9-25-22/h1-2,6,8-9,16,19-20H,3-5,7,10-15,17-18H2,(H,26,31). The third-order valence-electron chi connectivity index (χ3n) is 6.37. The molecule has 0 spiro atoms. The van der Waals surface area contributed by atoms with Crippen LogP contribution in [0.5, 0.6) is 0 Å². The van der Waals surface area contributed by atoms with Crippen molar-refractivity contribution in [3.8, 4) is 0 Å². The van der Waals surface area contributed by atoms with Gasteiger partial charge in [-0.2, -0.15) is 11.3 Å². The average Bonchev–Trinajstić information content (AvgIpc) is 3.38. The Bertz CT molecular complexity index is 853. The van der Waals surface area contributed by atoms with Gasteiger partial charge in [0.15, 0.2) is 0 Å². The molecule has 0 bridgehead atoms. The van der Waals surface area contributed by atoms with Crippen molar-refractivity contribution in [3.63, 3.8) is 0 Å². The molecule has 0 aliphatic carbocycles. The molecule has 4 rings (SSSR count). The van der Waals surface area contributed by atoms with E-state index in [9.17, 15) is 9.59 Å². The minimum absolute atomic E-state index is 0.0557. The maximum atomic E-state index is 12.7. The second kappa shape index (κ2) is 11.4. The van der Waals surface area contributed by atoms with E-state index < -0.39 is 0 Å². The highest BCUT2D eigenvalue weighted by molar-refractivity contribution is 7.08. The molecule has 2 amide bonds. The number of pyridine rings is 1. The second-order valence-corrected chi connectivity index (χ2v) is 9.48. The van der Waals surface area contributed by atoms with Crippen molar-refractivity contribution in [2.45, 2.75) is 25.7 Å². The molecule has 8 heteroatoms. The second-order valence-electron chi connectivity index (χ2n) is 8.70. The van der Waals surface area contributed by atoms with E-state index >= 15 is 0 Å². The topological polar surface area (TPSA) is 68.8 Å². The summed E-state index contributed by atoms with van der Waals surface area (Å²) >= 11 is 1.51. The van der Waals surface area contributed by atoms with E-state index in [4.69, 9.17) is 0 Å². The summed E-state index contributed by atoms with van der Waals surface area (Å²) in [5, 5.41) is 6.64. The summed E-state index contributed by atoms with van der Waals surface area (Å²) < 4.78 is 0. The number of piperazine rings is 1. The van der Waals surface area contributed by atoms with Crippen LogP contribution in [0, 0.1) is 5.92 Å². The van der Waals surface area contributed by atoms with Crippen LogP contribution in [-0.2, 0) is 4.79 Å². The number of rotatable bonds is 8. The van der Waals surface area contributed by atoms with Crippen LogP contribution in [0.2, 0.25) is 0 Å². The number of aromatic nitrogens is 1. The molecule has 32 heavy (non-hydrogen) atoms. The van der Waals surface area contributed by atoms with Gasteiger partial charge < -0.3 is 15.1 Å². The minimum atomic E-state index is -0.0557. The quantitative estimate of drug-likeness (QED) is 0.620. The van der Waals surface area contributed by atoms with Gasteiger partial charge in [0.05, 0.1) is 0 Å². The van der Waals surface area contributed by atoms with Crippen LogP contribution in [0.25, 0.3) is 0 Å². The summed E-state index contributed by atoms with van der Waals surface area (Å²) in [5.41, 5.74) is 0.695. The number of thiophene rings is 1. The van der Waals surface area contributed by atoms with E-state index in [-0.39, 0.29) is 11.8 Å². The fraction of sp³-hybridized carbons (Fsp3) is 0.542. The first-order valence-corrected chi connectivity index (χ1v) is 12.6. The highest BCUT2D eigenvalue weighted by Crippen LogP contribution is 2.20. The zero-order valence-corrected chi connectivity index (χ0v) is 19.4. The van der Waals surface area contributed by atoms with Crippen molar-refractivity contribution in [2.75, 3.05) is 57.3 Å². The molecule has 2 aliphatic heterocycles. The van der Waals surface area contributed by atoms with E-state index in [0.29, 0.717) is 30.9 Å². The van der Waals surface area contributed by atoms with Gasteiger partial charge in [0.1, 0.15) is 5.82 Å². The summed E-state index contributed by atoms with van der Waals surface area (Å²) in [7, 11) is 0. The Morgan fingerprint density at radius 1 is 1.12 bits per heavy atom. The molecule has 2 aromatic rings. The van der Waals surface area contributed by atoms with Crippen molar-refractivity contribution in [1.82, 2.24) is 20.1 Å². The van der Waals surface area contributed by atoms with E-state index in [0.717, 1.165) is 58.1 Å². The lowest BCUT2D eigenvalue weighted by Gasteiger charge is -2.39. The number of amides is 2. The molecule has 2 saturated heterocycles. The van der Waals surface area contributed by atoms with Gasteiger partial charge in [-0.1, -0.05) is 6.07 Å². The number of piperidine rings is 1. The van der Waals surface area contributed by atoms with Gasteiger partial charge in [-0.15, -0.1) is 0 Å². The van der Waals surface area contributed by atoms with E-state index in [1.807, 2.05) is 40.1 Å². The highest BCUT2D eigenvalue weighted by atomic mass is 32.1. The molecule has 4 heterocycles. The van der Waals surface area contributed by atoms with Crippen LogP contribution in [0.1, 0.15) is 36.0 Å². The van der Waals surface area contributed by atoms with Crippen molar-refractivity contribution in [3.05, 3.63) is 46.8 Å². The summed E-state index contributed by atoms with van der Waals surface area (Å²) in [6.45, 7) is 7.43. The first-order chi connectivity index (χ1) is 15.7. The van der Waals surface area contributed by atoms with Crippen LogP contribution >= 0.6 is 11.3 Å². The first-order valence-electron chi connectivity index (χ1n) is 11.7. The number of anilines is 1. The molecular weight excluding hydrogens is 422 g/mol. The van der Waals surface area contributed by atoms with Crippen LogP contribution in [0.4, 0.5) is 5.82 Å².